The number of unbranched alkanes of at least 4 members (excludes halogenated alkanes) is 1. The van der Waals surface area contributed by atoms with E-state index >= 15 is 0 Å². The van der Waals surface area contributed by atoms with E-state index in [1.165, 1.54) is 0 Å². The summed E-state index contributed by atoms with van der Waals surface area (Å²) in [5, 5.41) is 2.91. The monoisotopic (exact) mass is 412 g/mol. The molecular formula is C23H32N4O3. The smallest absolute Gasteiger partial charge is 0.253 e. The van der Waals surface area contributed by atoms with Gasteiger partial charge < -0.3 is 15.1 Å². The predicted octanol–water partition coefficient (Wildman–Crippen LogP) is 2.54. The normalized spacial score (nSPS) is 20.8. The van der Waals surface area contributed by atoms with Crippen LogP contribution in [0, 0.1) is 0 Å². The standard InChI is InChI=1S/C23H32N4O3/c1-2-3-11-24-21(28)16-27-20-15-17(22(29)25-12-6-7-13-25)9-10-18(20)26-14-5-4-8-19(26)23(27)30/h9-10,15,19H,2-8,11-14,16H2,1H3,(H,24,28). The lowest BCUT2D eigenvalue weighted by molar-refractivity contribution is -0.125. The number of hydrogen-bond donors (Lipinski definition) is 1. The second-order valence-corrected chi connectivity index (χ2v) is 8.54. The number of amides is 3. The highest BCUT2D eigenvalue weighted by Gasteiger charge is 2.40. The summed E-state index contributed by atoms with van der Waals surface area (Å²) in [5.41, 5.74) is 2.24. The highest BCUT2D eigenvalue weighted by Crippen LogP contribution is 2.40. The minimum Gasteiger partial charge on any atom is -0.358 e. The Morgan fingerprint density at radius 2 is 1.83 bits per heavy atom. The molecule has 3 aliphatic heterocycles. The lowest BCUT2D eigenvalue weighted by Gasteiger charge is -2.45. The molecule has 3 amide bonds. The van der Waals surface area contributed by atoms with Crippen molar-refractivity contribution in [2.24, 2.45) is 0 Å². The molecule has 1 aromatic rings. The fourth-order valence-electron chi connectivity index (χ4n) is 4.76. The van der Waals surface area contributed by atoms with Crippen molar-refractivity contribution in [1.82, 2.24) is 10.2 Å². The van der Waals surface area contributed by atoms with Gasteiger partial charge in [-0.3, -0.25) is 19.3 Å². The molecule has 4 rings (SSSR count). The van der Waals surface area contributed by atoms with Crippen molar-refractivity contribution in [3.8, 4) is 0 Å². The van der Waals surface area contributed by atoms with Gasteiger partial charge in [0.1, 0.15) is 12.6 Å². The second-order valence-electron chi connectivity index (χ2n) is 8.54. The molecule has 3 aliphatic rings. The van der Waals surface area contributed by atoms with Gasteiger partial charge in [0.05, 0.1) is 11.4 Å². The molecule has 0 aromatic heterocycles. The first-order valence-corrected chi connectivity index (χ1v) is 11.4. The molecule has 2 saturated heterocycles. The first-order valence-electron chi connectivity index (χ1n) is 11.4. The molecule has 3 heterocycles. The highest BCUT2D eigenvalue weighted by atomic mass is 16.2. The Balaban J connectivity index is 1.63. The Morgan fingerprint density at radius 1 is 1.07 bits per heavy atom. The topological polar surface area (TPSA) is 73.0 Å². The molecule has 1 aromatic carbocycles. The van der Waals surface area contributed by atoms with Crippen LogP contribution in [-0.4, -0.2) is 61.4 Å². The number of carbonyl (C=O) groups excluding carboxylic acids is 3. The number of nitrogens with one attached hydrogen (secondary N) is 1. The van der Waals surface area contributed by atoms with Crippen LogP contribution in [0.5, 0.6) is 0 Å². The number of hydrogen-bond acceptors (Lipinski definition) is 4. The van der Waals surface area contributed by atoms with Crippen LogP contribution >= 0.6 is 0 Å². The van der Waals surface area contributed by atoms with Gasteiger partial charge in [-0.25, -0.2) is 0 Å². The molecule has 0 saturated carbocycles. The first kappa shape index (κ1) is 20.7. The first-order chi connectivity index (χ1) is 14.6. The van der Waals surface area contributed by atoms with Crippen LogP contribution in [0.4, 0.5) is 11.4 Å². The molecule has 1 unspecified atom stereocenters. The third kappa shape index (κ3) is 4.02. The van der Waals surface area contributed by atoms with Crippen LogP contribution in [0.1, 0.15) is 62.2 Å². The molecule has 1 N–H and O–H groups in total. The zero-order chi connectivity index (χ0) is 21.1. The van der Waals surface area contributed by atoms with Gasteiger partial charge in [-0.1, -0.05) is 13.3 Å². The molecular weight excluding hydrogens is 380 g/mol. The van der Waals surface area contributed by atoms with Gasteiger partial charge in [0.25, 0.3) is 5.91 Å². The van der Waals surface area contributed by atoms with E-state index in [0.717, 1.165) is 70.3 Å². The van der Waals surface area contributed by atoms with E-state index in [2.05, 4.69) is 17.1 Å². The third-order valence-corrected chi connectivity index (χ3v) is 6.42. The Hall–Kier alpha value is -2.57. The second kappa shape index (κ2) is 9.06. The summed E-state index contributed by atoms with van der Waals surface area (Å²) >= 11 is 0. The minimum atomic E-state index is -0.213. The number of carbonyl (C=O) groups is 3. The molecule has 30 heavy (non-hydrogen) atoms. The molecule has 0 aliphatic carbocycles. The SMILES string of the molecule is CCCCNC(=O)CN1C(=O)C2CCCCN2c2ccc(C(=O)N3CCCC3)cc21. The Kier molecular flexibility index (Phi) is 6.25. The quantitative estimate of drug-likeness (QED) is 0.729. The molecule has 162 valence electrons. The van der Waals surface area contributed by atoms with Crippen LogP contribution < -0.4 is 15.1 Å². The van der Waals surface area contributed by atoms with Crippen molar-refractivity contribution in [2.75, 3.05) is 42.5 Å². The molecule has 0 radical (unpaired) electrons. The summed E-state index contributed by atoms with van der Waals surface area (Å²) in [4.78, 5) is 44.4. The largest absolute Gasteiger partial charge is 0.358 e. The van der Waals surface area contributed by atoms with Gasteiger partial charge in [0.15, 0.2) is 0 Å². The molecule has 7 heteroatoms. The van der Waals surface area contributed by atoms with Gasteiger partial charge in [-0.05, 0) is 56.7 Å². The van der Waals surface area contributed by atoms with E-state index in [9.17, 15) is 14.4 Å². The van der Waals surface area contributed by atoms with Gasteiger partial charge in [-0.2, -0.15) is 0 Å². The fraction of sp³-hybridized carbons (Fsp3) is 0.609. The summed E-state index contributed by atoms with van der Waals surface area (Å²) in [7, 11) is 0. The van der Waals surface area contributed by atoms with Crippen LogP contribution in [0.15, 0.2) is 18.2 Å². The van der Waals surface area contributed by atoms with E-state index in [0.29, 0.717) is 17.8 Å². The van der Waals surface area contributed by atoms with Crippen molar-refractivity contribution in [3.63, 3.8) is 0 Å². The maximum Gasteiger partial charge on any atom is 0.253 e. The number of rotatable bonds is 6. The van der Waals surface area contributed by atoms with Crippen molar-refractivity contribution in [1.29, 1.82) is 0 Å². The Morgan fingerprint density at radius 3 is 2.60 bits per heavy atom. The molecule has 0 bridgehead atoms. The zero-order valence-corrected chi connectivity index (χ0v) is 17.9. The third-order valence-electron chi connectivity index (χ3n) is 6.42. The van der Waals surface area contributed by atoms with E-state index in [-0.39, 0.29) is 30.3 Å². The fourth-order valence-corrected chi connectivity index (χ4v) is 4.76. The van der Waals surface area contributed by atoms with Crippen molar-refractivity contribution < 1.29 is 14.4 Å². The summed E-state index contributed by atoms with van der Waals surface area (Å²) in [5.74, 6) is -0.169. The van der Waals surface area contributed by atoms with E-state index in [4.69, 9.17) is 0 Å². The van der Waals surface area contributed by atoms with Crippen molar-refractivity contribution in [3.05, 3.63) is 23.8 Å². The molecule has 2 fully saturated rings. The van der Waals surface area contributed by atoms with Crippen LogP contribution in [0.2, 0.25) is 0 Å². The van der Waals surface area contributed by atoms with E-state index < -0.39 is 0 Å². The lowest BCUT2D eigenvalue weighted by atomic mass is 9.95. The van der Waals surface area contributed by atoms with Crippen LogP contribution in [0.25, 0.3) is 0 Å². The zero-order valence-electron chi connectivity index (χ0n) is 17.9. The van der Waals surface area contributed by atoms with E-state index in [1.807, 2.05) is 23.1 Å². The lowest BCUT2D eigenvalue weighted by Crippen LogP contribution is -2.57. The van der Waals surface area contributed by atoms with Gasteiger partial charge >= 0.3 is 0 Å². The molecule has 0 spiro atoms. The van der Waals surface area contributed by atoms with Crippen LogP contribution in [0.3, 0.4) is 0 Å². The summed E-state index contributed by atoms with van der Waals surface area (Å²) in [6.45, 7) is 5.10. The summed E-state index contributed by atoms with van der Waals surface area (Å²) in [6.07, 6.45) is 6.87. The number of piperidine rings is 1. The summed E-state index contributed by atoms with van der Waals surface area (Å²) in [6, 6.07) is 5.44. The number of fused-ring (bicyclic) bond motifs is 3. The average molecular weight is 413 g/mol. The van der Waals surface area contributed by atoms with Gasteiger partial charge in [-0.15, -0.1) is 0 Å². The number of benzene rings is 1. The average Bonchev–Trinajstić information content (AvgIpc) is 3.31. The van der Waals surface area contributed by atoms with Crippen LogP contribution in [-0.2, 0) is 9.59 Å². The predicted molar refractivity (Wildman–Crippen MR) is 117 cm³/mol. The molecule has 7 nitrogen and oxygen atoms in total. The van der Waals surface area contributed by atoms with Crippen molar-refractivity contribution in [2.45, 2.75) is 57.9 Å². The Bertz CT molecular complexity index is 819. The highest BCUT2D eigenvalue weighted by molar-refractivity contribution is 6.09. The van der Waals surface area contributed by atoms with E-state index in [1.54, 1.807) is 4.90 Å². The van der Waals surface area contributed by atoms with Gasteiger partial charge in [0, 0.05) is 31.7 Å². The maximum absolute atomic E-state index is 13.3. The summed E-state index contributed by atoms with van der Waals surface area (Å²) < 4.78 is 0. The number of anilines is 2. The number of likely N-dealkylation sites (tertiary alicyclic amines) is 1. The van der Waals surface area contributed by atoms with Gasteiger partial charge in [0.2, 0.25) is 11.8 Å². The number of nitrogens with zero attached hydrogens (tertiary/aromatic N) is 3. The maximum atomic E-state index is 13.3. The molecule has 1 atom stereocenters. The minimum absolute atomic E-state index is 0.00124. The Labute approximate surface area is 178 Å². The van der Waals surface area contributed by atoms with Crippen molar-refractivity contribution >= 4 is 29.1 Å².